The van der Waals surface area contributed by atoms with Gasteiger partial charge < -0.3 is 14.8 Å². The molecule has 0 atom stereocenters. The van der Waals surface area contributed by atoms with E-state index in [0.717, 1.165) is 11.8 Å². The second-order valence-corrected chi connectivity index (χ2v) is 6.70. The van der Waals surface area contributed by atoms with Crippen LogP contribution in [0.4, 0.5) is 15.8 Å². The summed E-state index contributed by atoms with van der Waals surface area (Å²) >= 11 is 1.03. The van der Waals surface area contributed by atoms with Gasteiger partial charge in [0.15, 0.2) is 17.4 Å². The quantitative estimate of drug-likeness (QED) is 0.299. The molecule has 0 aliphatic heterocycles. The number of nitro benzene ring substituents is 1. The average molecular weight is 433 g/mol. The maximum absolute atomic E-state index is 13.5. The molecule has 2 N–H and O–H groups in total. The maximum Gasteiger partial charge on any atom is 0.296 e. The van der Waals surface area contributed by atoms with Crippen LogP contribution in [0.15, 0.2) is 47.6 Å². The molecule has 0 fully saturated rings. The molecule has 0 aliphatic rings. The minimum absolute atomic E-state index is 0.0290. The zero-order chi connectivity index (χ0) is 21.5. The number of para-hydroxylation sites is 1. The number of methoxy groups -OCH3 is 1. The number of rotatable bonds is 9. The highest BCUT2D eigenvalue weighted by atomic mass is 32.2. The Morgan fingerprint density at radius 2 is 2.13 bits per heavy atom. The van der Waals surface area contributed by atoms with Crippen LogP contribution in [0, 0.1) is 15.9 Å². The number of nitro groups is 1. The number of anilines is 1. The third-order valence-corrected chi connectivity index (χ3v) is 4.57. The molecule has 3 rings (SSSR count). The second-order valence-electron chi connectivity index (χ2n) is 5.76. The molecule has 1 amide bonds. The van der Waals surface area contributed by atoms with E-state index < -0.39 is 16.6 Å². The Morgan fingerprint density at radius 3 is 2.87 bits per heavy atom. The van der Waals surface area contributed by atoms with Gasteiger partial charge in [-0.05, 0) is 24.3 Å². The van der Waals surface area contributed by atoms with Crippen molar-refractivity contribution in [3.63, 3.8) is 0 Å². The number of hydrogen-bond acceptors (Lipinski definition) is 8. The third-order valence-electron chi connectivity index (χ3n) is 3.72. The lowest BCUT2D eigenvalue weighted by molar-refractivity contribution is -0.384. The van der Waals surface area contributed by atoms with Crippen molar-refractivity contribution in [3.8, 4) is 11.5 Å². The summed E-state index contributed by atoms with van der Waals surface area (Å²) in [5.41, 5.74) is -0.224. The van der Waals surface area contributed by atoms with E-state index in [1.807, 2.05) is 0 Å². The molecule has 0 radical (unpaired) electrons. The molecule has 10 nitrogen and oxygen atoms in total. The smallest absolute Gasteiger partial charge is 0.296 e. The minimum atomic E-state index is -0.609. The summed E-state index contributed by atoms with van der Waals surface area (Å²) in [5, 5.41) is 20.5. The molecule has 1 aromatic heterocycles. The van der Waals surface area contributed by atoms with Crippen LogP contribution in [0.25, 0.3) is 0 Å². The maximum atomic E-state index is 13.5. The highest BCUT2D eigenvalue weighted by molar-refractivity contribution is 7.99. The Labute approximate surface area is 174 Å². The molecule has 1 heterocycles. The number of H-pyrrole nitrogens is 1. The van der Waals surface area contributed by atoms with E-state index in [1.165, 1.54) is 37.4 Å². The normalized spacial score (nSPS) is 10.5. The fourth-order valence-corrected chi connectivity index (χ4v) is 2.94. The number of aromatic nitrogens is 3. The van der Waals surface area contributed by atoms with E-state index in [9.17, 15) is 19.3 Å². The molecule has 156 valence electrons. The van der Waals surface area contributed by atoms with Gasteiger partial charge in [-0.25, -0.2) is 9.37 Å². The fourth-order valence-electron chi connectivity index (χ4n) is 2.33. The van der Waals surface area contributed by atoms with Crippen molar-refractivity contribution in [2.24, 2.45) is 0 Å². The highest BCUT2D eigenvalue weighted by Gasteiger charge is 2.18. The number of carbonyl (C=O) groups is 1. The third kappa shape index (κ3) is 5.44. The van der Waals surface area contributed by atoms with Crippen molar-refractivity contribution in [2.45, 2.75) is 11.8 Å². The summed E-state index contributed by atoms with van der Waals surface area (Å²) in [4.78, 5) is 26.9. The predicted octanol–water partition coefficient (Wildman–Crippen LogP) is 3.17. The minimum Gasteiger partial charge on any atom is -0.496 e. The van der Waals surface area contributed by atoms with Crippen molar-refractivity contribution in [3.05, 3.63) is 64.2 Å². The molecule has 30 heavy (non-hydrogen) atoms. The van der Waals surface area contributed by atoms with Crippen LogP contribution in [-0.2, 0) is 11.4 Å². The predicted molar refractivity (Wildman–Crippen MR) is 106 cm³/mol. The lowest BCUT2D eigenvalue weighted by Crippen LogP contribution is -2.15. The first-order chi connectivity index (χ1) is 14.5. The van der Waals surface area contributed by atoms with Gasteiger partial charge in [0.1, 0.15) is 18.0 Å². The van der Waals surface area contributed by atoms with E-state index >= 15 is 0 Å². The molecule has 0 saturated carbocycles. The topological polar surface area (TPSA) is 132 Å². The largest absolute Gasteiger partial charge is 0.496 e. The van der Waals surface area contributed by atoms with Crippen molar-refractivity contribution in [1.82, 2.24) is 15.2 Å². The first-order valence-corrected chi connectivity index (χ1v) is 9.48. The number of benzene rings is 2. The van der Waals surface area contributed by atoms with Crippen molar-refractivity contribution >= 4 is 29.0 Å². The molecular weight excluding hydrogens is 417 g/mol. The van der Waals surface area contributed by atoms with Crippen molar-refractivity contribution in [1.29, 1.82) is 0 Å². The Balaban J connectivity index is 1.53. The van der Waals surface area contributed by atoms with Crippen LogP contribution in [0.1, 0.15) is 5.82 Å². The summed E-state index contributed by atoms with van der Waals surface area (Å²) < 4.78 is 23.8. The molecule has 3 aromatic rings. The Bertz CT molecular complexity index is 1060. The number of nitrogens with one attached hydrogen (secondary N) is 2. The van der Waals surface area contributed by atoms with Crippen LogP contribution in [0.5, 0.6) is 11.5 Å². The molecule has 0 saturated heterocycles. The first kappa shape index (κ1) is 21.0. The SMILES string of the molecule is COc1ccc(NC(=O)CSc2n[nH]c(COc3ccccc3F)n2)c([N+](=O)[O-])c1. The molecule has 0 bridgehead atoms. The van der Waals surface area contributed by atoms with Gasteiger partial charge in [-0.15, -0.1) is 5.10 Å². The van der Waals surface area contributed by atoms with E-state index in [0.29, 0.717) is 11.6 Å². The lowest BCUT2D eigenvalue weighted by atomic mass is 10.2. The van der Waals surface area contributed by atoms with Crippen LogP contribution >= 0.6 is 11.8 Å². The number of halogens is 1. The molecular formula is C18H16FN5O5S. The summed E-state index contributed by atoms with van der Waals surface area (Å²) in [7, 11) is 1.39. The zero-order valence-corrected chi connectivity index (χ0v) is 16.4. The van der Waals surface area contributed by atoms with Gasteiger partial charge in [0.25, 0.3) is 5.69 Å². The van der Waals surface area contributed by atoms with Gasteiger partial charge in [0.05, 0.1) is 23.9 Å². The highest BCUT2D eigenvalue weighted by Crippen LogP contribution is 2.29. The number of carbonyl (C=O) groups excluding carboxylic acids is 1. The van der Waals surface area contributed by atoms with Crippen molar-refractivity contribution in [2.75, 3.05) is 18.2 Å². The zero-order valence-electron chi connectivity index (χ0n) is 15.6. The average Bonchev–Trinajstić information content (AvgIpc) is 3.19. The fraction of sp³-hybridized carbons (Fsp3) is 0.167. The van der Waals surface area contributed by atoms with Crippen LogP contribution < -0.4 is 14.8 Å². The number of amides is 1. The van der Waals surface area contributed by atoms with Gasteiger partial charge in [0, 0.05) is 0 Å². The van der Waals surface area contributed by atoms with Gasteiger partial charge in [-0.3, -0.25) is 20.0 Å². The van der Waals surface area contributed by atoms with Gasteiger partial charge in [0.2, 0.25) is 11.1 Å². The second kappa shape index (κ2) is 9.69. The van der Waals surface area contributed by atoms with E-state index in [2.05, 4.69) is 20.5 Å². The Kier molecular flexibility index (Phi) is 6.80. The molecule has 0 spiro atoms. The molecule has 2 aromatic carbocycles. The van der Waals surface area contributed by atoms with Crippen molar-refractivity contribution < 1.29 is 23.6 Å². The standard InChI is InChI=1S/C18H16FN5O5S/c1-28-11-6-7-13(14(8-11)24(26)27)20-17(25)10-30-18-21-16(22-23-18)9-29-15-5-3-2-4-12(15)19/h2-8H,9-10H2,1H3,(H,20,25)(H,21,22,23). The van der Waals surface area contributed by atoms with Gasteiger partial charge in [-0.2, -0.15) is 0 Å². The summed E-state index contributed by atoms with van der Waals surface area (Å²) in [6.07, 6.45) is 0. The monoisotopic (exact) mass is 433 g/mol. The summed E-state index contributed by atoms with van der Waals surface area (Å²) in [6.45, 7) is -0.0290. The number of nitrogens with zero attached hydrogens (tertiary/aromatic N) is 3. The summed E-state index contributed by atoms with van der Waals surface area (Å²) in [6, 6.07) is 10.1. The number of ether oxygens (including phenoxy) is 2. The van der Waals surface area contributed by atoms with E-state index in [-0.39, 0.29) is 34.6 Å². The Hall–Kier alpha value is -3.67. The van der Waals surface area contributed by atoms with Crippen LogP contribution in [-0.4, -0.2) is 38.9 Å². The number of thioether (sulfide) groups is 1. The van der Waals surface area contributed by atoms with Crippen LogP contribution in [0.2, 0.25) is 0 Å². The summed E-state index contributed by atoms with van der Waals surface area (Å²) in [5.74, 6) is -0.289. The van der Waals surface area contributed by atoms with E-state index in [1.54, 1.807) is 12.1 Å². The van der Waals surface area contributed by atoms with Gasteiger partial charge in [-0.1, -0.05) is 23.9 Å². The van der Waals surface area contributed by atoms with Gasteiger partial charge >= 0.3 is 0 Å². The van der Waals surface area contributed by atoms with E-state index in [4.69, 9.17) is 9.47 Å². The number of aromatic amines is 1. The molecule has 0 unspecified atom stereocenters. The van der Waals surface area contributed by atoms with Crippen LogP contribution in [0.3, 0.4) is 0 Å². The first-order valence-electron chi connectivity index (χ1n) is 8.50. The molecule has 0 aliphatic carbocycles. The lowest BCUT2D eigenvalue weighted by Gasteiger charge is -2.07. The Morgan fingerprint density at radius 1 is 1.33 bits per heavy atom. The molecule has 12 heteroatoms. The number of hydrogen-bond donors (Lipinski definition) is 2.